The lowest BCUT2D eigenvalue weighted by Gasteiger charge is -2.45. The molecule has 2 aromatic carbocycles. The first-order valence-corrected chi connectivity index (χ1v) is 10.4. The van der Waals surface area contributed by atoms with Crippen molar-refractivity contribution < 1.29 is 19.4 Å². The number of piperidine rings is 2. The van der Waals surface area contributed by atoms with Gasteiger partial charge in [-0.25, -0.2) is 4.79 Å². The van der Waals surface area contributed by atoms with Crippen molar-refractivity contribution in [1.82, 2.24) is 4.90 Å². The lowest BCUT2D eigenvalue weighted by atomic mass is 9.84. The Hall–Kier alpha value is -2.50. The highest BCUT2D eigenvalue weighted by Crippen LogP contribution is 2.33. The Labute approximate surface area is 171 Å². The number of ether oxygens (including phenoxy) is 1. The van der Waals surface area contributed by atoms with E-state index in [4.69, 9.17) is 4.74 Å². The van der Waals surface area contributed by atoms with Gasteiger partial charge in [0, 0.05) is 31.5 Å². The van der Waals surface area contributed by atoms with Gasteiger partial charge in [0.2, 0.25) is 5.60 Å². The monoisotopic (exact) mass is 393 g/mol. The predicted octanol–water partition coefficient (Wildman–Crippen LogP) is 3.05. The van der Waals surface area contributed by atoms with E-state index < -0.39 is 11.6 Å². The van der Waals surface area contributed by atoms with Crippen LogP contribution < -0.4 is 0 Å². The van der Waals surface area contributed by atoms with Gasteiger partial charge < -0.3 is 9.84 Å². The summed E-state index contributed by atoms with van der Waals surface area (Å²) in [6, 6.07) is 18.3. The highest BCUT2D eigenvalue weighted by atomic mass is 16.5. The molecule has 0 aromatic heterocycles. The van der Waals surface area contributed by atoms with E-state index in [0.29, 0.717) is 36.3 Å². The van der Waals surface area contributed by atoms with Crippen molar-refractivity contribution >= 4 is 11.8 Å². The molecule has 2 bridgehead atoms. The molecule has 0 spiro atoms. The van der Waals surface area contributed by atoms with E-state index in [2.05, 4.69) is 4.90 Å². The molecule has 2 aliphatic heterocycles. The first kappa shape index (κ1) is 19.8. The van der Waals surface area contributed by atoms with Gasteiger partial charge in [0.1, 0.15) is 12.4 Å². The summed E-state index contributed by atoms with van der Waals surface area (Å²) in [5, 5.41) is 11.4. The second-order valence-corrected chi connectivity index (χ2v) is 8.00. The molecule has 2 saturated heterocycles. The van der Waals surface area contributed by atoms with Gasteiger partial charge in [-0.1, -0.05) is 67.1 Å². The molecule has 0 unspecified atom stereocenters. The van der Waals surface area contributed by atoms with Crippen LogP contribution in [0.1, 0.15) is 43.2 Å². The van der Waals surface area contributed by atoms with Crippen molar-refractivity contribution in [2.75, 3.05) is 13.2 Å². The number of aliphatic hydroxyl groups is 1. The average molecular weight is 393 g/mol. The van der Waals surface area contributed by atoms with E-state index in [-0.39, 0.29) is 18.7 Å². The van der Waals surface area contributed by atoms with Crippen LogP contribution >= 0.6 is 0 Å². The summed E-state index contributed by atoms with van der Waals surface area (Å²) in [5.41, 5.74) is -0.885. The summed E-state index contributed by atoms with van der Waals surface area (Å²) in [4.78, 5) is 27.3. The molecular formula is C24H27NO4. The molecule has 1 N–H and O–H groups in total. The molecule has 2 aliphatic rings. The van der Waals surface area contributed by atoms with Crippen LogP contribution in [0.3, 0.4) is 0 Å². The van der Waals surface area contributed by atoms with Gasteiger partial charge in [-0.05, 0) is 24.0 Å². The van der Waals surface area contributed by atoms with E-state index in [1.807, 2.05) is 12.1 Å². The Morgan fingerprint density at radius 2 is 1.48 bits per heavy atom. The summed E-state index contributed by atoms with van der Waals surface area (Å²) in [6.07, 6.45) is 4.40. The van der Waals surface area contributed by atoms with Gasteiger partial charge in [0.25, 0.3) is 0 Å². The third kappa shape index (κ3) is 3.98. The van der Waals surface area contributed by atoms with E-state index in [0.717, 1.165) is 19.3 Å². The number of carbonyl (C=O) groups excluding carboxylic acids is 2. The minimum absolute atomic E-state index is 0.196. The molecule has 5 heteroatoms. The van der Waals surface area contributed by atoms with Crippen molar-refractivity contribution in [1.29, 1.82) is 0 Å². The minimum atomic E-state index is -1.85. The molecule has 0 radical (unpaired) electrons. The van der Waals surface area contributed by atoms with Gasteiger partial charge in [-0.15, -0.1) is 0 Å². The fourth-order valence-corrected chi connectivity index (χ4v) is 4.74. The molecule has 0 amide bonds. The first-order chi connectivity index (χ1) is 14.1. The summed E-state index contributed by atoms with van der Waals surface area (Å²) >= 11 is 0. The van der Waals surface area contributed by atoms with E-state index in [1.165, 1.54) is 0 Å². The van der Waals surface area contributed by atoms with Gasteiger partial charge in [0.05, 0.1) is 0 Å². The minimum Gasteiger partial charge on any atom is -0.462 e. The Morgan fingerprint density at radius 3 is 2.00 bits per heavy atom. The summed E-state index contributed by atoms with van der Waals surface area (Å²) in [5.74, 6) is -0.330. The summed E-state index contributed by atoms with van der Waals surface area (Å²) < 4.78 is 5.60. The summed E-state index contributed by atoms with van der Waals surface area (Å²) in [7, 11) is 0. The SMILES string of the molecule is O=C1C[C@@H]2CCC[C@@H](C1)N2CCOC(=O)C(O)(c1ccccc1)c1ccccc1. The molecule has 5 nitrogen and oxygen atoms in total. The lowest BCUT2D eigenvalue weighted by molar-refractivity contribution is -0.163. The van der Waals surface area contributed by atoms with Crippen molar-refractivity contribution in [3.63, 3.8) is 0 Å². The largest absolute Gasteiger partial charge is 0.462 e. The number of esters is 1. The van der Waals surface area contributed by atoms with Gasteiger partial charge >= 0.3 is 5.97 Å². The number of benzene rings is 2. The van der Waals surface area contributed by atoms with Crippen LogP contribution in [-0.2, 0) is 19.9 Å². The molecule has 2 fully saturated rings. The normalized spacial score (nSPS) is 22.3. The highest BCUT2D eigenvalue weighted by Gasteiger charge is 2.42. The van der Waals surface area contributed by atoms with Crippen LogP contribution in [0, 0.1) is 0 Å². The molecule has 29 heavy (non-hydrogen) atoms. The van der Waals surface area contributed by atoms with Gasteiger partial charge in [-0.3, -0.25) is 9.69 Å². The van der Waals surface area contributed by atoms with Crippen LogP contribution in [0.15, 0.2) is 60.7 Å². The predicted molar refractivity (Wildman–Crippen MR) is 109 cm³/mol. The molecule has 0 aliphatic carbocycles. The van der Waals surface area contributed by atoms with Crippen LogP contribution in [-0.4, -0.2) is 47.0 Å². The zero-order valence-electron chi connectivity index (χ0n) is 16.5. The fourth-order valence-electron chi connectivity index (χ4n) is 4.74. The quantitative estimate of drug-likeness (QED) is 0.764. The number of Topliss-reactive ketones (excluding diaryl/α,β-unsaturated/α-hetero) is 1. The van der Waals surface area contributed by atoms with Crippen LogP contribution in [0.25, 0.3) is 0 Å². The Kier molecular flexibility index (Phi) is 5.79. The zero-order valence-corrected chi connectivity index (χ0v) is 16.5. The number of rotatable bonds is 6. The molecular weight excluding hydrogens is 366 g/mol. The number of hydrogen-bond donors (Lipinski definition) is 1. The average Bonchev–Trinajstić information content (AvgIpc) is 2.74. The number of carbonyl (C=O) groups is 2. The van der Waals surface area contributed by atoms with E-state index >= 15 is 0 Å². The maximum absolute atomic E-state index is 13.1. The van der Waals surface area contributed by atoms with Crippen molar-refractivity contribution in [2.45, 2.75) is 49.8 Å². The van der Waals surface area contributed by atoms with Crippen molar-refractivity contribution in [2.24, 2.45) is 0 Å². The molecule has 152 valence electrons. The Bertz CT molecular complexity index is 796. The van der Waals surface area contributed by atoms with Gasteiger partial charge in [-0.2, -0.15) is 0 Å². The first-order valence-electron chi connectivity index (χ1n) is 10.4. The maximum atomic E-state index is 13.1. The van der Waals surface area contributed by atoms with Crippen molar-refractivity contribution in [3.05, 3.63) is 71.8 Å². The lowest BCUT2D eigenvalue weighted by Crippen LogP contribution is -2.53. The van der Waals surface area contributed by atoms with E-state index in [9.17, 15) is 14.7 Å². The highest BCUT2D eigenvalue weighted by molar-refractivity contribution is 5.85. The molecule has 2 heterocycles. The van der Waals surface area contributed by atoms with Crippen LogP contribution in [0.2, 0.25) is 0 Å². The zero-order chi connectivity index (χ0) is 20.3. The smallest absolute Gasteiger partial charge is 0.347 e. The molecule has 2 aromatic rings. The topological polar surface area (TPSA) is 66.8 Å². The second-order valence-electron chi connectivity index (χ2n) is 8.00. The number of hydrogen-bond acceptors (Lipinski definition) is 5. The Balaban J connectivity index is 1.47. The number of fused-ring (bicyclic) bond motifs is 2. The molecule has 0 saturated carbocycles. The Morgan fingerprint density at radius 1 is 0.966 bits per heavy atom. The third-order valence-corrected chi connectivity index (χ3v) is 6.20. The van der Waals surface area contributed by atoms with Crippen LogP contribution in [0.5, 0.6) is 0 Å². The molecule has 4 rings (SSSR count). The fraction of sp³-hybridized carbons (Fsp3) is 0.417. The van der Waals surface area contributed by atoms with E-state index in [1.54, 1.807) is 48.5 Å². The molecule has 2 atom stereocenters. The van der Waals surface area contributed by atoms with Crippen molar-refractivity contribution in [3.8, 4) is 0 Å². The second kappa shape index (κ2) is 8.47. The number of nitrogens with zero attached hydrogens (tertiary/aromatic N) is 1. The maximum Gasteiger partial charge on any atom is 0.347 e. The third-order valence-electron chi connectivity index (χ3n) is 6.20. The number of ketones is 1. The van der Waals surface area contributed by atoms with Crippen LogP contribution in [0.4, 0.5) is 0 Å². The van der Waals surface area contributed by atoms with Gasteiger partial charge in [0.15, 0.2) is 0 Å². The standard InChI is InChI=1S/C24H27NO4/c26-22-16-20-12-7-13-21(17-22)25(20)14-15-29-23(27)24(28,18-8-3-1-4-9-18)19-10-5-2-6-11-19/h1-6,8-11,20-21,28H,7,12-17H2/t20-,21-/m0/s1. The summed E-state index contributed by atoms with van der Waals surface area (Å²) in [6.45, 7) is 0.788.